The van der Waals surface area contributed by atoms with E-state index in [1.165, 1.54) is 0 Å². The third-order valence-electron chi connectivity index (χ3n) is 0.354. The molecule has 0 aromatic rings. The minimum Gasteiger partial charge on any atom is -0.787 e. The predicted octanol–water partition coefficient (Wildman–Crippen LogP) is -14.5. The monoisotopic (exact) mass is 548 g/mol. The Labute approximate surface area is 213 Å². The molecule has 0 aliphatic carbocycles. The van der Waals surface area contributed by atoms with Crippen molar-refractivity contribution in [2.45, 2.75) is 0 Å². The smallest absolute Gasteiger partial charge is 0.787 e. The van der Waals surface area contributed by atoms with Crippen LogP contribution in [0.15, 0.2) is 0 Å². The first-order valence-corrected chi connectivity index (χ1v) is 4.88. The molecule has 0 heterocycles. The van der Waals surface area contributed by atoms with E-state index in [0.29, 0.717) is 0 Å². The maximum Gasteiger partial charge on any atom is 3.00 e. The first-order valence-electron chi connectivity index (χ1n) is 3.15. The van der Waals surface area contributed by atoms with Crippen molar-refractivity contribution in [1.82, 2.24) is 0 Å². The maximum atomic E-state index is 9.15. The number of carboxylic acid groups (broad SMARTS) is 3. The summed E-state index contributed by atoms with van der Waals surface area (Å²) in [7, 11) is 0. The molecule has 0 aromatic heterocycles. The second kappa shape index (κ2) is 37.5. The Kier molecular flexibility index (Phi) is 85.4. The Bertz CT molecular complexity index is 179. The average molecular weight is 548 g/mol. The van der Waals surface area contributed by atoms with Gasteiger partial charge in [-0.05, 0) is 0 Å². The number of carbonyl (C=O) groups is 3. The van der Waals surface area contributed by atoms with Gasteiger partial charge in [-0.2, -0.15) is 0 Å². The van der Waals surface area contributed by atoms with Gasteiger partial charge < -0.3 is 67.6 Å². The molecule has 0 aromatic carbocycles. The van der Waals surface area contributed by atoms with Crippen molar-refractivity contribution < 1.29 is 118 Å². The van der Waals surface area contributed by atoms with Crippen molar-refractivity contribution in [3.05, 3.63) is 0 Å². The van der Waals surface area contributed by atoms with E-state index in [2.05, 4.69) is 37.9 Å². The molecule has 13 heteroatoms. The molecule has 0 bridgehead atoms. The molecule has 0 rings (SSSR count). The first-order chi connectivity index (χ1) is 6.81. The minimum absolute atomic E-state index is 0. The summed E-state index contributed by atoms with van der Waals surface area (Å²) < 4.78 is 0. The van der Waals surface area contributed by atoms with Crippen LogP contribution < -0.4 is 104 Å². The van der Waals surface area contributed by atoms with Crippen molar-refractivity contribution in [3.8, 4) is 0 Å². The van der Waals surface area contributed by atoms with Crippen LogP contribution in [0.1, 0.15) is 0 Å². The van der Waals surface area contributed by atoms with Crippen molar-refractivity contribution >= 4 is 82.0 Å². The Balaban J connectivity index is -0.0000000206. The molecular weight excluding hydrogens is 542 g/mol. The number of rotatable bonds is 3. The fourth-order valence-corrected chi connectivity index (χ4v) is 0. The third-order valence-corrected chi connectivity index (χ3v) is 1.06. The summed E-state index contributed by atoms with van der Waals surface area (Å²) in [6, 6.07) is 0. The van der Waals surface area contributed by atoms with E-state index >= 15 is 0 Å². The van der Waals surface area contributed by atoms with Gasteiger partial charge in [-0.3, -0.25) is 0 Å². The van der Waals surface area contributed by atoms with Gasteiger partial charge in [0, 0.05) is 17.9 Å². The Hall–Kier alpha value is 3.34. The fraction of sp³-hybridized carbons (Fsp3) is 0.500. The summed E-state index contributed by atoms with van der Waals surface area (Å²) in [5, 5.41) is 27.5. The number of hydrogen-bond donors (Lipinski definition) is 0. The standard InChI is InChI=1S/3C2H4O2S.Bi.3Na/c3*3-2(4)1-5;;;;/h3*5H,1H2,(H,3,4);;;;/q;;;+3;3*+1/p-6. The van der Waals surface area contributed by atoms with Crippen LogP contribution in [0.5, 0.6) is 0 Å². The number of carboxylic acids is 3. The minimum atomic E-state index is -1.18. The van der Waals surface area contributed by atoms with E-state index in [1.807, 2.05) is 0 Å². The van der Waals surface area contributed by atoms with E-state index in [-0.39, 0.29) is 132 Å². The fourth-order valence-electron chi connectivity index (χ4n) is 0. The second-order valence-electron chi connectivity index (χ2n) is 1.55. The van der Waals surface area contributed by atoms with Gasteiger partial charge in [-0.15, -0.1) is 17.3 Å². The molecule has 2 radical (unpaired) electrons. The van der Waals surface area contributed by atoms with Gasteiger partial charge in [0.05, 0.1) is 0 Å². The van der Waals surface area contributed by atoms with Gasteiger partial charge in [-0.1, -0.05) is 0 Å². The normalized spacial score (nSPS) is 5.84. The molecule has 19 heavy (non-hydrogen) atoms. The van der Waals surface area contributed by atoms with E-state index in [1.54, 1.807) is 0 Å². The molecule has 0 atom stereocenters. The van der Waals surface area contributed by atoms with Crippen LogP contribution in [0.25, 0.3) is 0 Å². The summed E-state index contributed by atoms with van der Waals surface area (Å²) in [6.07, 6.45) is 0. The van der Waals surface area contributed by atoms with Crippen LogP contribution in [-0.2, 0) is 52.3 Å². The van der Waals surface area contributed by atoms with Crippen molar-refractivity contribution in [2.75, 3.05) is 17.3 Å². The molecular formula is C6H6BiNa3O6S3. The zero-order valence-corrected chi connectivity index (χ0v) is 22.7. The molecule has 0 aliphatic heterocycles. The first kappa shape index (κ1) is 43.2. The topological polar surface area (TPSA) is 120 Å². The van der Waals surface area contributed by atoms with Gasteiger partial charge in [0.2, 0.25) is 0 Å². The van der Waals surface area contributed by atoms with Gasteiger partial charge in [0.25, 0.3) is 0 Å². The molecule has 0 spiro atoms. The number of hydrogen-bond acceptors (Lipinski definition) is 9. The number of carbonyl (C=O) groups excluding carboxylic acids is 3. The van der Waals surface area contributed by atoms with Crippen LogP contribution in [0.4, 0.5) is 0 Å². The van der Waals surface area contributed by atoms with Crippen LogP contribution in [0.2, 0.25) is 0 Å². The zero-order valence-electron chi connectivity index (χ0n) is 10.7. The van der Waals surface area contributed by atoms with Crippen molar-refractivity contribution in [1.29, 1.82) is 0 Å². The largest absolute Gasteiger partial charge is 3.00 e. The molecule has 0 fully saturated rings. The molecule has 0 aliphatic rings. The Morgan fingerprint density at radius 1 is 0.632 bits per heavy atom. The van der Waals surface area contributed by atoms with Crippen molar-refractivity contribution in [3.63, 3.8) is 0 Å². The molecule has 0 amide bonds. The van der Waals surface area contributed by atoms with Crippen LogP contribution in [0.3, 0.4) is 0 Å². The molecule has 6 nitrogen and oxygen atoms in total. The predicted molar refractivity (Wildman–Crippen MR) is 57.5 cm³/mol. The summed E-state index contributed by atoms with van der Waals surface area (Å²) in [5.74, 6) is -4.46. The third kappa shape index (κ3) is 91.5. The summed E-state index contributed by atoms with van der Waals surface area (Å²) >= 11 is 12.0. The van der Waals surface area contributed by atoms with E-state index in [4.69, 9.17) is 29.7 Å². The van der Waals surface area contributed by atoms with Gasteiger partial charge in [0.15, 0.2) is 0 Å². The second-order valence-corrected chi connectivity index (χ2v) is 2.42. The molecule has 0 saturated carbocycles. The Morgan fingerprint density at radius 3 is 0.684 bits per heavy atom. The SMILES string of the molecule is O=C([O-])C[S-].O=C([O-])C[S-].O=C([O-])C[S-].[Bi+3].[Na+].[Na+].[Na+]. The molecule has 92 valence electrons. The van der Waals surface area contributed by atoms with E-state index in [9.17, 15) is 0 Å². The number of aliphatic carboxylic acids is 3. The summed E-state index contributed by atoms with van der Waals surface area (Å²) in [6.45, 7) is 0. The maximum absolute atomic E-state index is 9.15. The van der Waals surface area contributed by atoms with Crippen LogP contribution in [-0.4, -0.2) is 61.4 Å². The van der Waals surface area contributed by atoms with E-state index in [0.717, 1.165) is 0 Å². The van der Waals surface area contributed by atoms with Crippen LogP contribution >= 0.6 is 0 Å². The van der Waals surface area contributed by atoms with E-state index < -0.39 is 17.9 Å². The van der Waals surface area contributed by atoms with Crippen molar-refractivity contribution in [2.24, 2.45) is 0 Å². The Morgan fingerprint density at radius 2 is 0.684 bits per heavy atom. The zero-order chi connectivity index (χ0) is 12.9. The van der Waals surface area contributed by atoms with Gasteiger partial charge in [-0.25, -0.2) is 0 Å². The van der Waals surface area contributed by atoms with Gasteiger partial charge in [0.1, 0.15) is 0 Å². The molecule has 0 saturated heterocycles. The van der Waals surface area contributed by atoms with Crippen LogP contribution in [0, 0.1) is 0 Å². The molecule has 0 N–H and O–H groups in total. The molecule has 0 unspecified atom stereocenters. The quantitative estimate of drug-likeness (QED) is 0.250. The van der Waals surface area contributed by atoms with Gasteiger partial charge >= 0.3 is 115 Å². The summed E-state index contributed by atoms with van der Waals surface area (Å²) in [5.41, 5.74) is 0. The average Bonchev–Trinajstić information content (AvgIpc) is 2.19. The summed E-state index contributed by atoms with van der Waals surface area (Å²) in [4.78, 5) is 27.5.